The molecular weight excluding hydrogens is 366 g/mol. The first-order chi connectivity index (χ1) is 11.7. The van der Waals surface area contributed by atoms with E-state index >= 15 is 0 Å². The van der Waals surface area contributed by atoms with E-state index in [-0.39, 0.29) is 6.10 Å². The maximum Gasteiger partial charge on any atom is 0.139 e. The van der Waals surface area contributed by atoms with Crippen LogP contribution >= 0.6 is 15.9 Å². The van der Waals surface area contributed by atoms with Crippen LogP contribution in [-0.4, -0.2) is 28.6 Å². The highest BCUT2D eigenvalue weighted by Gasteiger charge is 2.19. The Morgan fingerprint density at radius 3 is 2.83 bits per heavy atom. The zero-order chi connectivity index (χ0) is 16.5. The SMILES string of the molecule is Cc1ccc(-c2nc3ccc(Br)cn3c2NCC2CCCO2)cc1. The summed E-state index contributed by atoms with van der Waals surface area (Å²) < 4.78 is 8.88. The average molecular weight is 386 g/mol. The number of nitrogens with zero attached hydrogens (tertiary/aromatic N) is 2. The van der Waals surface area contributed by atoms with Crippen molar-refractivity contribution in [2.45, 2.75) is 25.9 Å². The van der Waals surface area contributed by atoms with Crippen LogP contribution in [0.4, 0.5) is 5.82 Å². The molecule has 0 bridgehead atoms. The molecule has 5 heteroatoms. The number of anilines is 1. The Morgan fingerprint density at radius 2 is 2.08 bits per heavy atom. The third-order valence-electron chi connectivity index (χ3n) is 4.43. The third-order valence-corrected chi connectivity index (χ3v) is 4.90. The highest BCUT2D eigenvalue weighted by Crippen LogP contribution is 2.30. The Hall–Kier alpha value is -1.85. The van der Waals surface area contributed by atoms with E-state index in [0.29, 0.717) is 0 Å². The summed E-state index contributed by atoms with van der Waals surface area (Å²) in [5.74, 6) is 1.02. The maximum atomic E-state index is 5.75. The fourth-order valence-corrected chi connectivity index (χ4v) is 3.45. The van der Waals surface area contributed by atoms with Gasteiger partial charge in [-0.15, -0.1) is 0 Å². The number of hydrogen-bond acceptors (Lipinski definition) is 3. The number of nitrogens with one attached hydrogen (secondary N) is 1. The normalized spacial score (nSPS) is 17.5. The minimum Gasteiger partial charge on any atom is -0.376 e. The summed E-state index contributed by atoms with van der Waals surface area (Å²) in [6.45, 7) is 3.77. The van der Waals surface area contributed by atoms with Crippen LogP contribution in [0.2, 0.25) is 0 Å². The van der Waals surface area contributed by atoms with E-state index in [1.807, 2.05) is 12.1 Å². The van der Waals surface area contributed by atoms with E-state index in [2.05, 4.69) is 63.0 Å². The third kappa shape index (κ3) is 3.06. The molecule has 2 aromatic heterocycles. The van der Waals surface area contributed by atoms with Crippen molar-refractivity contribution in [2.75, 3.05) is 18.5 Å². The second-order valence-corrected chi connectivity index (χ2v) is 7.18. The molecule has 124 valence electrons. The van der Waals surface area contributed by atoms with Crippen LogP contribution < -0.4 is 5.32 Å². The minimum absolute atomic E-state index is 0.286. The molecule has 0 radical (unpaired) electrons. The van der Waals surface area contributed by atoms with Gasteiger partial charge in [-0.1, -0.05) is 29.8 Å². The van der Waals surface area contributed by atoms with Crippen LogP contribution in [0.15, 0.2) is 47.1 Å². The van der Waals surface area contributed by atoms with Gasteiger partial charge in [0.05, 0.1) is 6.10 Å². The van der Waals surface area contributed by atoms with Gasteiger partial charge in [0.25, 0.3) is 0 Å². The standard InChI is InChI=1S/C19H20BrN3O/c1-13-4-6-14(7-5-13)18-19(21-11-16-3-2-10-24-16)23-12-15(20)8-9-17(23)22-18/h4-9,12,16,21H,2-3,10-11H2,1H3. The molecule has 1 N–H and O–H groups in total. The molecule has 1 aliphatic rings. The summed E-state index contributed by atoms with van der Waals surface area (Å²) in [7, 11) is 0. The van der Waals surface area contributed by atoms with Gasteiger partial charge in [0.1, 0.15) is 17.2 Å². The molecular formula is C19H20BrN3O. The lowest BCUT2D eigenvalue weighted by atomic mass is 10.1. The summed E-state index contributed by atoms with van der Waals surface area (Å²) in [6.07, 6.45) is 4.61. The highest BCUT2D eigenvalue weighted by atomic mass is 79.9. The number of aryl methyl sites for hydroxylation is 1. The van der Waals surface area contributed by atoms with Gasteiger partial charge in [0, 0.05) is 29.4 Å². The lowest BCUT2D eigenvalue weighted by Crippen LogP contribution is -2.19. The molecule has 0 saturated carbocycles. The van der Waals surface area contributed by atoms with Crippen molar-refractivity contribution < 1.29 is 4.74 Å². The Labute approximate surface area is 150 Å². The molecule has 3 heterocycles. The van der Waals surface area contributed by atoms with Gasteiger partial charge >= 0.3 is 0 Å². The largest absolute Gasteiger partial charge is 0.376 e. The van der Waals surface area contributed by atoms with Gasteiger partial charge < -0.3 is 10.1 Å². The first-order valence-corrected chi connectivity index (χ1v) is 9.10. The number of pyridine rings is 1. The van der Waals surface area contributed by atoms with Crippen molar-refractivity contribution >= 4 is 27.4 Å². The summed E-state index contributed by atoms with van der Waals surface area (Å²) in [5.41, 5.74) is 4.28. The number of halogens is 1. The fraction of sp³-hybridized carbons (Fsp3) is 0.316. The average Bonchev–Trinajstić information content (AvgIpc) is 3.21. The Balaban J connectivity index is 1.75. The van der Waals surface area contributed by atoms with Crippen molar-refractivity contribution in [1.82, 2.24) is 9.38 Å². The molecule has 4 rings (SSSR count). The number of imidazole rings is 1. The quantitative estimate of drug-likeness (QED) is 0.709. The number of rotatable bonds is 4. The molecule has 1 unspecified atom stereocenters. The molecule has 0 spiro atoms. The Bertz CT molecular complexity index is 851. The zero-order valence-corrected chi connectivity index (χ0v) is 15.2. The molecule has 4 nitrogen and oxygen atoms in total. The van der Waals surface area contributed by atoms with E-state index < -0.39 is 0 Å². The summed E-state index contributed by atoms with van der Waals surface area (Å²) in [5, 5.41) is 3.57. The second-order valence-electron chi connectivity index (χ2n) is 6.27. The van der Waals surface area contributed by atoms with Crippen molar-refractivity contribution in [2.24, 2.45) is 0 Å². The molecule has 1 aliphatic heterocycles. The molecule has 1 atom stereocenters. The highest BCUT2D eigenvalue weighted by molar-refractivity contribution is 9.10. The molecule has 24 heavy (non-hydrogen) atoms. The van der Waals surface area contributed by atoms with Gasteiger partial charge in [0.15, 0.2) is 0 Å². The van der Waals surface area contributed by atoms with Crippen LogP contribution in [0.3, 0.4) is 0 Å². The predicted octanol–water partition coefficient (Wildman–Crippen LogP) is 4.66. The number of hydrogen-bond donors (Lipinski definition) is 1. The number of fused-ring (bicyclic) bond motifs is 1. The van der Waals surface area contributed by atoms with Gasteiger partial charge in [-0.25, -0.2) is 4.98 Å². The first-order valence-electron chi connectivity index (χ1n) is 8.31. The monoisotopic (exact) mass is 385 g/mol. The van der Waals surface area contributed by atoms with Crippen molar-refractivity contribution in [1.29, 1.82) is 0 Å². The van der Waals surface area contributed by atoms with Crippen molar-refractivity contribution in [3.8, 4) is 11.3 Å². The van der Waals surface area contributed by atoms with E-state index in [1.165, 1.54) is 5.56 Å². The molecule has 1 fully saturated rings. The summed E-state index contributed by atoms with van der Waals surface area (Å²) in [6, 6.07) is 12.6. The van der Waals surface area contributed by atoms with Crippen LogP contribution in [0.25, 0.3) is 16.9 Å². The fourth-order valence-electron chi connectivity index (χ4n) is 3.12. The Kier molecular flexibility index (Phi) is 4.29. The molecule has 0 aliphatic carbocycles. The first kappa shape index (κ1) is 15.7. The number of ether oxygens (including phenoxy) is 1. The van der Waals surface area contributed by atoms with Crippen LogP contribution in [0, 0.1) is 6.92 Å². The molecule has 0 amide bonds. The summed E-state index contributed by atoms with van der Waals surface area (Å²) >= 11 is 3.56. The lowest BCUT2D eigenvalue weighted by molar-refractivity contribution is 0.120. The zero-order valence-electron chi connectivity index (χ0n) is 13.6. The van der Waals surface area contributed by atoms with Crippen molar-refractivity contribution in [3.63, 3.8) is 0 Å². The van der Waals surface area contributed by atoms with E-state index in [4.69, 9.17) is 9.72 Å². The van der Waals surface area contributed by atoms with Crippen molar-refractivity contribution in [3.05, 3.63) is 52.6 Å². The molecule has 1 aromatic carbocycles. The van der Waals surface area contributed by atoms with E-state index in [0.717, 1.165) is 53.2 Å². The Morgan fingerprint density at radius 1 is 1.25 bits per heavy atom. The van der Waals surface area contributed by atoms with Gasteiger partial charge in [-0.05, 0) is 47.8 Å². The van der Waals surface area contributed by atoms with Gasteiger partial charge in [-0.3, -0.25) is 4.40 Å². The van der Waals surface area contributed by atoms with Crippen LogP contribution in [0.1, 0.15) is 18.4 Å². The van der Waals surface area contributed by atoms with Crippen LogP contribution in [-0.2, 0) is 4.74 Å². The van der Waals surface area contributed by atoms with Gasteiger partial charge in [-0.2, -0.15) is 0 Å². The topological polar surface area (TPSA) is 38.6 Å². The van der Waals surface area contributed by atoms with Crippen LogP contribution in [0.5, 0.6) is 0 Å². The number of aromatic nitrogens is 2. The van der Waals surface area contributed by atoms with E-state index in [9.17, 15) is 0 Å². The van der Waals surface area contributed by atoms with Gasteiger partial charge in [0.2, 0.25) is 0 Å². The van der Waals surface area contributed by atoms with E-state index in [1.54, 1.807) is 0 Å². The smallest absolute Gasteiger partial charge is 0.139 e. The minimum atomic E-state index is 0.286. The lowest BCUT2D eigenvalue weighted by Gasteiger charge is -2.13. The molecule has 3 aromatic rings. The second kappa shape index (κ2) is 6.57. The number of benzene rings is 1. The summed E-state index contributed by atoms with van der Waals surface area (Å²) in [4.78, 5) is 4.84. The maximum absolute atomic E-state index is 5.75. The molecule has 1 saturated heterocycles. The predicted molar refractivity (Wildman–Crippen MR) is 101 cm³/mol.